The Morgan fingerprint density at radius 3 is 2.75 bits per heavy atom. The van der Waals surface area contributed by atoms with Crippen molar-refractivity contribution in [1.29, 1.82) is 0 Å². The van der Waals surface area contributed by atoms with E-state index in [1.165, 1.54) is 7.11 Å². The third kappa shape index (κ3) is 4.41. The van der Waals surface area contributed by atoms with Gasteiger partial charge in [-0.2, -0.15) is 0 Å². The van der Waals surface area contributed by atoms with Crippen LogP contribution in [0.3, 0.4) is 0 Å². The first-order valence-corrected chi connectivity index (χ1v) is 6.19. The first kappa shape index (κ1) is 16.8. The zero-order valence-corrected chi connectivity index (χ0v) is 13.7. The Balaban J connectivity index is 0.00000200. The molecule has 2 rings (SSSR count). The van der Waals surface area contributed by atoms with Crippen LogP contribution in [0.2, 0.25) is 0 Å². The summed E-state index contributed by atoms with van der Waals surface area (Å²) < 4.78 is 10.2. The van der Waals surface area contributed by atoms with Crippen molar-refractivity contribution in [3.63, 3.8) is 0 Å². The molecule has 7 heteroatoms. The fourth-order valence-electron chi connectivity index (χ4n) is 1.90. The minimum atomic E-state index is 0. The second-order valence-electron chi connectivity index (χ2n) is 4.28. The number of nitrogens with zero attached hydrogens (tertiary/aromatic N) is 2. The number of halogens is 1. The van der Waals surface area contributed by atoms with Crippen LogP contribution in [0.4, 0.5) is 0 Å². The molecular weight excluding hydrogens is 373 g/mol. The highest BCUT2D eigenvalue weighted by Gasteiger charge is 2.12. The van der Waals surface area contributed by atoms with E-state index in [2.05, 4.69) is 4.99 Å². The molecule has 0 aromatic heterocycles. The highest BCUT2D eigenvalue weighted by molar-refractivity contribution is 14.0. The molecule has 3 N–H and O–H groups in total. The number of morpholine rings is 1. The summed E-state index contributed by atoms with van der Waals surface area (Å²) in [5.41, 5.74) is 6.81. The molecule has 112 valence electrons. The van der Waals surface area contributed by atoms with Crippen LogP contribution in [0.15, 0.2) is 23.2 Å². The van der Waals surface area contributed by atoms with E-state index < -0.39 is 0 Å². The third-order valence-corrected chi connectivity index (χ3v) is 3.00. The number of aliphatic imine (C=N–C) groups is 1. The smallest absolute Gasteiger partial charge is 0.191 e. The van der Waals surface area contributed by atoms with Gasteiger partial charge in [-0.3, -0.25) is 0 Å². The predicted octanol–water partition coefficient (Wildman–Crippen LogP) is 1.17. The lowest BCUT2D eigenvalue weighted by Gasteiger charge is -2.27. The van der Waals surface area contributed by atoms with E-state index >= 15 is 0 Å². The average Bonchev–Trinajstić information content (AvgIpc) is 2.46. The van der Waals surface area contributed by atoms with Gasteiger partial charge in [-0.15, -0.1) is 24.0 Å². The molecule has 1 aliphatic rings. The van der Waals surface area contributed by atoms with Crippen molar-refractivity contribution in [2.24, 2.45) is 10.7 Å². The molecule has 0 bridgehead atoms. The molecule has 1 fully saturated rings. The molecule has 6 nitrogen and oxygen atoms in total. The average molecular weight is 393 g/mol. The molecule has 0 unspecified atom stereocenters. The SMILES string of the molecule is COc1ccc(CN=C(N)N2CCOCC2)cc1O.I. The van der Waals surface area contributed by atoms with E-state index in [4.69, 9.17) is 15.2 Å². The lowest BCUT2D eigenvalue weighted by molar-refractivity contribution is 0.0674. The van der Waals surface area contributed by atoms with Gasteiger partial charge in [-0.1, -0.05) is 6.07 Å². The monoisotopic (exact) mass is 393 g/mol. The molecule has 0 radical (unpaired) electrons. The maximum Gasteiger partial charge on any atom is 0.191 e. The number of hydrogen-bond donors (Lipinski definition) is 2. The number of benzene rings is 1. The zero-order chi connectivity index (χ0) is 13.7. The second-order valence-corrected chi connectivity index (χ2v) is 4.28. The summed E-state index contributed by atoms with van der Waals surface area (Å²) in [6, 6.07) is 5.20. The van der Waals surface area contributed by atoms with Gasteiger partial charge in [0.05, 0.1) is 26.9 Å². The second kappa shape index (κ2) is 8.15. The Kier molecular flexibility index (Phi) is 6.86. The Morgan fingerprint density at radius 2 is 2.15 bits per heavy atom. The molecular formula is C13H20IN3O3. The summed E-state index contributed by atoms with van der Waals surface area (Å²) in [5.74, 6) is 1.08. The lowest BCUT2D eigenvalue weighted by Crippen LogP contribution is -2.44. The van der Waals surface area contributed by atoms with Crippen LogP contribution in [0.1, 0.15) is 5.56 Å². The van der Waals surface area contributed by atoms with Crippen LogP contribution >= 0.6 is 24.0 Å². The molecule has 1 saturated heterocycles. The molecule has 1 heterocycles. The van der Waals surface area contributed by atoms with Crippen LogP contribution in [0, 0.1) is 0 Å². The van der Waals surface area contributed by atoms with Crippen LogP contribution in [-0.4, -0.2) is 49.4 Å². The van der Waals surface area contributed by atoms with Gasteiger partial charge in [-0.25, -0.2) is 4.99 Å². The fraction of sp³-hybridized carbons (Fsp3) is 0.462. The molecule has 0 amide bonds. The minimum absolute atomic E-state index is 0. The first-order valence-electron chi connectivity index (χ1n) is 6.19. The van der Waals surface area contributed by atoms with Crippen molar-refractivity contribution in [3.8, 4) is 11.5 Å². The summed E-state index contributed by atoms with van der Waals surface area (Å²) in [5, 5.41) is 9.67. The van der Waals surface area contributed by atoms with Crippen molar-refractivity contribution in [2.45, 2.75) is 6.54 Å². The Labute approximate surface area is 135 Å². The van der Waals surface area contributed by atoms with Crippen LogP contribution < -0.4 is 10.5 Å². The molecule has 0 spiro atoms. The van der Waals surface area contributed by atoms with E-state index in [9.17, 15) is 5.11 Å². The van der Waals surface area contributed by atoms with Gasteiger partial charge in [0.15, 0.2) is 17.5 Å². The number of guanidine groups is 1. The fourth-order valence-corrected chi connectivity index (χ4v) is 1.90. The number of nitrogens with two attached hydrogens (primary N) is 1. The Hall–Kier alpha value is -1.22. The number of ether oxygens (including phenoxy) is 2. The van der Waals surface area contributed by atoms with Crippen molar-refractivity contribution >= 4 is 29.9 Å². The maximum absolute atomic E-state index is 9.67. The van der Waals surface area contributed by atoms with Crippen molar-refractivity contribution in [2.75, 3.05) is 33.4 Å². The highest BCUT2D eigenvalue weighted by atomic mass is 127. The summed E-state index contributed by atoms with van der Waals surface area (Å²) in [4.78, 5) is 6.32. The van der Waals surface area contributed by atoms with Gasteiger partial charge in [0.1, 0.15) is 0 Å². The van der Waals surface area contributed by atoms with Crippen molar-refractivity contribution in [1.82, 2.24) is 4.90 Å². The molecule has 20 heavy (non-hydrogen) atoms. The van der Waals surface area contributed by atoms with Gasteiger partial charge >= 0.3 is 0 Å². The number of phenols is 1. The van der Waals surface area contributed by atoms with E-state index in [1.807, 2.05) is 11.0 Å². The zero-order valence-electron chi connectivity index (χ0n) is 11.4. The van der Waals surface area contributed by atoms with Gasteiger partial charge in [0.2, 0.25) is 0 Å². The van der Waals surface area contributed by atoms with Gasteiger partial charge < -0.3 is 25.2 Å². The highest BCUT2D eigenvalue weighted by Crippen LogP contribution is 2.26. The van der Waals surface area contributed by atoms with Gasteiger partial charge in [0, 0.05) is 13.1 Å². The number of aromatic hydroxyl groups is 1. The van der Waals surface area contributed by atoms with Gasteiger partial charge in [-0.05, 0) is 17.7 Å². The van der Waals surface area contributed by atoms with E-state index in [0.29, 0.717) is 31.5 Å². The largest absolute Gasteiger partial charge is 0.504 e. The molecule has 1 aromatic rings. The molecule has 0 aliphatic carbocycles. The number of phenolic OH excluding ortho intramolecular Hbond substituents is 1. The molecule has 1 aromatic carbocycles. The van der Waals surface area contributed by atoms with Gasteiger partial charge in [0.25, 0.3) is 0 Å². The standard InChI is InChI=1S/C13H19N3O3.HI/c1-18-12-3-2-10(8-11(12)17)9-15-13(14)16-4-6-19-7-5-16;/h2-3,8,17H,4-7,9H2,1H3,(H2,14,15);1H. The summed E-state index contributed by atoms with van der Waals surface area (Å²) >= 11 is 0. The molecule has 1 aliphatic heterocycles. The van der Waals surface area contributed by atoms with Crippen molar-refractivity contribution in [3.05, 3.63) is 23.8 Å². The first-order chi connectivity index (χ1) is 9.20. The summed E-state index contributed by atoms with van der Waals surface area (Å²) in [7, 11) is 1.52. The maximum atomic E-state index is 9.67. The summed E-state index contributed by atoms with van der Waals surface area (Å²) in [6.45, 7) is 3.33. The Morgan fingerprint density at radius 1 is 1.45 bits per heavy atom. The normalized spacial score (nSPS) is 15.7. The lowest BCUT2D eigenvalue weighted by atomic mass is 10.2. The summed E-state index contributed by atoms with van der Waals surface area (Å²) in [6.07, 6.45) is 0. The third-order valence-electron chi connectivity index (χ3n) is 3.00. The van der Waals surface area contributed by atoms with E-state index in [1.54, 1.807) is 12.1 Å². The number of rotatable bonds is 3. The van der Waals surface area contributed by atoms with Crippen LogP contribution in [0.25, 0.3) is 0 Å². The number of methoxy groups -OCH3 is 1. The minimum Gasteiger partial charge on any atom is -0.504 e. The molecule has 0 saturated carbocycles. The number of hydrogen-bond acceptors (Lipinski definition) is 4. The quantitative estimate of drug-likeness (QED) is 0.458. The van der Waals surface area contributed by atoms with E-state index in [-0.39, 0.29) is 29.7 Å². The van der Waals surface area contributed by atoms with Crippen LogP contribution in [0.5, 0.6) is 11.5 Å². The predicted molar refractivity (Wildman–Crippen MR) is 87.8 cm³/mol. The van der Waals surface area contributed by atoms with Crippen LogP contribution in [-0.2, 0) is 11.3 Å². The molecule has 0 atom stereocenters. The van der Waals surface area contributed by atoms with E-state index in [0.717, 1.165) is 18.7 Å². The van der Waals surface area contributed by atoms with Crippen molar-refractivity contribution < 1.29 is 14.6 Å². The Bertz CT molecular complexity index is 462. The topological polar surface area (TPSA) is 80.3 Å².